The van der Waals surface area contributed by atoms with E-state index in [1.165, 1.54) is 7.11 Å². The van der Waals surface area contributed by atoms with Gasteiger partial charge < -0.3 is 13.9 Å². The minimum atomic E-state index is -0.622. The summed E-state index contributed by atoms with van der Waals surface area (Å²) in [7, 11) is 1.26. The lowest BCUT2D eigenvalue weighted by Crippen LogP contribution is -2.06. The molecule has 108 valence electrons. The SMILES string of the molecule is COC(=O)C(C#N)=Cc1cccn1CCCn1ccnc1. The van der Waals surface area contributed by atoms with Crippen molar-refractivity contribution in [2.75, 3.05) is 7.11 Å². The molecule has 0 unspecified atom stereocenters. The third kappa shape index (κ3) is 3.83. The molecule has 0 saturated heterocycles. The molecule has 0 aliphatic carbocycles. The van der Waals surface area contributed by atoms with Crippen molar-refractivity contribution in [3.05, 3.63) is 48.3 Å². The lowest BCUT2D eigenvalue weighted by molar-refractivity contribution is -0.135. The summed E-state index contributed by atoms with van der Waals surface area (Å²) in [6.45, 7) is 1.65. The molecule has 0 amide bonds. The Morgan fingerprint density at radius 2 is 2.33 bits per heavy atom. The van der Waals surface area contributed by atoms with Crippen molar-refractivity contribution in [3.8, 4) is 6.07 Å². The lowest BCUT2D eigenvalue weighted by atomic mass is 10.2. The van der Waals surface area contributed by atoms with E-state index < -0.39 is 5.97 Å². The first-order valence-corrected chi connectivity index (χ1v) is 6.55. The molecule has 0 aliphatic heterocycles. The minimum Gasteiger partial charge on any atom is -0.465 e. The Morgan fingerprint density at radius 1 is 1.48 bits per heavy atom. The number of imidazole rings is 1. The lowest BCUT2D eigenvalue weighted by Gasteiger charge is -2.07. The summed E-state index contributed by atoms with van der Waals surface area (Å²) >= 11 is 0. The third-order valence-electron chi connectivity index (χ3n) is 3.06. The maximum Gasteiger partial charge on any atom is 0.348 e. The molecule has 0 aromatic carbocycles. The van der Waals surface area contributed by atoms with Crippen molar-refractivity contribution in [2.24, 2.45) is 0 Å². The summed E-state index contributed by atoms with van der Waals surface area (Å²) in [5.74, 6) is -0.622. The van der Waals surface area contributed by atoms with Crippen molar-refractivity contribution >= 4 is 12.0 Å². The van der Waals surface area contributed by atoms with Gasteiger partial charge in [-0.05, 0) is 24.6 Å². The van der Waals surface area contributed by atoms with E-state index in [2.05, 4.69) is 9.72 Å². The van der Waals surface area contributed by atoms with E-state index in [9.17, 15) is 4.79 Å². The summed E-state index contributed by atoms with van der Waals surface area (Å²) in [5, 5.41) is 8.98. The number of aromatic nitrogens is 3. The smallest absolute Gasteiger partial charge is 0.348 e. The van der Waals surface area contributed by atoms with Gasteiger partial charge >= 0.3 is 5.97 Å². The van der Waals surface area contributed by atoms with Crippen LogP contribution in [0.25, 0.3) is 6.08 Å². The minimum absolute atomic E-state index is 0.00735. The zero-order valence-electron chi connectivity index (χ0n) is 11.8. The second-order valence-corrected chi connectivity index (χ2v) is 4.44. The molecule has 6 heteroatoms. The predicted octanol–water partition coefficient (Wildman–Crippen LogP) is 1.85. The number of nitriles is 1. The quantitative estimate of drug-likeness (QED) is 0.461. The van der Waals surface area contributed by atoms with E-state index in [0.29, 0.717) is 0 Å². The summed E-state index contributed by atoms with van der Waals surface area (Å²) in [5.41, 5.74) is 0.801. The standard InChI is InChI=1S/C15H16N4O2/c1-21-15(20)13(11-16)10-14-4-2-7-19(14)8-3-6-18-9-5-17-12-18/h2,4-5,7,9-10,12H,3,6,8H2,1H3. The number of carbonyl (C=O) groups excluding carboxylic acids is 1. The van der Waals surface area contributed by atoms with Gasteiger partial charge in [0.2, 0.25) is 0 Å². The Morgan fingerprint density at radius 3 is 3.00 bits per heavy atom. The van der Waals surface area contributed by atoms with Crippen molar-refractivity contribution in [1.29, 1.82) is 5.26 Å². The van der Waals surface area contributed by atoms with E-state index in [0.717, 1.165) is 25.2 Å². The Bertz CT molecular complexity index is 662. The number of hydrogen-bond donors (Lipinski definition) is 0. The molecule has 2 aromatic rings. The fourth-order valence-electron chi connectivity index (χ4n) is 2.00. The van der Waals surface area contributed by atoms with Gasteiger partial charge in [0.15, 0.2) is 0 Å². The highest BCUT2D eigenvalue weighted by Gasteiger charge is 2.09. The molecule has 21 heavy (non-hydrogen) atoms. The highest BCUT2D eigenvalue weighted by molar-refractivity contribution is 5.97. The number of rotatable bonds is 6. The van der Waals surface area contributed by atoms with Crippen molar-refractivity contribution in [1.82, 2.24) is 14.1 Å². The molecule has 2 heterocycles. The molecule has 0 spiro atoms. The van der Waals surface area contributed by atoms with E-state index in [-0.39, 0.29) is 5.57 Å². The average Bonchev–Trinajstić information content (AvgIpc) is 3.16. The second kappa shape index (κ2) is 7.10. The van der Waals surface area contributed by atoms with Crippen LogP contribution in [0.1, 0.15) is 12.1 Å². The van der Waals surface area contributed by atoms with Gasteiger partial charge in [0, 0.05) is 37.4 Å². The predicted molar refractivity (Wildman–Crippen MR) is 76.9 cm³/mol. The summed E-state index contributed by atoms with van der Waals surface area (Å²) in [6, 6.07) is 5.60. The normalized spacial score (nSPS) is 11.1. The van der Waals surface area contributed by atoms with Crippen LogP contribution in [0.3, 0.4) is 0 Å². The Kier molecular flexibility index (Phi) is 4.94. The first-order valence-electron chi connectivity index (χ1n) is 6.55. The maximum absolute atomic E-state index is 11.4. The van der Waals surface area contributed by atoms with Crippen molar-refractivity contribution < 1.29 is 9.53 Å². The van der Waals surface area contributed by atoms with E-state index in [1.807, 2.05) is 39.7 Å². The second-order valence-electron chi connectivity index (χ2n) is 4.44. The summed E-state index contributed by atoms with van der Waals surface area (Å²) < 4.78 is 8.58. The number of carbonyl (C=O) groups is 1. The van der Waals surface area contributed by atoms with Crippen LogP contribution >= 0.6 is 0 Å². The van der Waals surface area contributed by atoms with Crippen LogP contribution < -0.4 is 0 Å². The molecule has 2 rings (SSSR count). The Balaban J connectivity index is 2.03. The zero-order chi connectivity index (χ0) is 15.1. The Labute approximate surface area is 122 Å². The zero-order valence-corrected chi connectivity index (χ0v) is 11.8. The number of esters is 1. The van der Waals surface area contributed by atoms with E-state index in [1.54, 1.807) is 18.6 Å². The van der Waals surface area contributed by atoms with Crippen LogP contribution in [0.2, 0.25) is 0 Å². The largest absolute Gasteiger partial charge is 0.465 e. The first-order chi connectivity index (χ1) is 10.2. The highest BCUT2D eigenvalue weighted by atomic mass is 16.5. The monoisotopic (exact) mass is 284 g/mol. The topological polar surface area (TPSA) is 72.8 Å². The molecule has 0 atom stereocenters. The van der Waals surface area contributed by atoms with Gasteiger partial charge in [-0.15, -0.1) is 0 Å². The van der Waals surface area contributed by atoms with Crippen molar-refractivity contribution in [3.63, 3.8) is 0 Å². The molecular weight excluding hydrogens is 268 g/mol. The van der Waals surface area contributed by atoms with Gasteiger partial charge in [-0.1, -0.05) is 0 Å². The molecule has 6 nitrogen and oxygen atoms in total. The van der Waals surface area contributed by atoms with Gasteiger partial charge in [-0.25, -0.2) is 9.78 Å². The summed E-state index contributed by atoms with van der Waals surface area (Å²) in [6.07, 6.45) is 9.84. The van der Waals surface area contributed by atoms with Crippen LogP contribution in [0, 0.1) is 11.3 Å². The molecule has 0 radical (unpaired) electrons. The fraction of sp³-hybridized carbons (Fsp3) is 0.267. The Hall–Kier alpha value is -2.81. The van der Waals surface area contributed by atoms with Gasteiger partial charge in [-0.2, -0.15) is 5.26 Å². The van der Waals surface area contributed by atoms with Crippen LogP contribution in [0.5, 0.6) is 0 Å². The molecular formula is C15H16N4O2. The third-order valence-corrected chi connectivity index (χ3v) is 3.06. The maximum atomic E-state index is 11.4. The van der Waals surface area contributed by atoms with Gasteiger partial charge in [0.05, 0.1) is 13.4 Å². The molecule has 0 bridgehead atoms. The molecule has 0 saturated carbocycles. The number of hydrogen-bond acceptors (Lipinski definition) is 4. The fourth-order valence-corrected chi connectivity index (χ4v) is 2.00. The van der Waals surface area contributed by atoms with Gasteiger partial charge in [0.25, 0.3) is 0 Å². The molecule has 0 N–H and O–H groups in total. The number of ether oxygens (including phenoxy) is 1. The number of aryl methyl sites for hydroxylation is 2. The molecule has 2 aromatic heterocycles. The highest BCUT2D eigenvalue weighted by Crippen LogP contribution is 2.10. The first kappa shape index (κ1) is 14.6. The van der Waals surface area contributed by atoms with Gasteiger partial charge in [-0.3, -0.25) is 0 Å². The molecule has 0 fully saturated rings. The van der Waals surface area contributed by atoms with Crippen LogP contribution in [-0.2, 0) is 22.6 Å². The molecule has 0 aliphatic rings. The summed E-state index contributed by atoms with van der Waals surface area (Å²) in [4.78, 5) is 15.4. The number of nitrogens with zero attached hydrogens (tertiary/aromatic N) is 4. The van der Waals surface area contributed by atoms with Crippen molar-refractivity contribution in [2.45, 2.75) is 19.5 Å². The van der Waals surface area contributed by atoms with E-state index in [4.69, 9.17) is 5.26 Å². The van der Waals surface area contributed by atoms with Gasteiger partial charge in [0.1, 0.15) is 11.6 Å². The average molecular weight is 284 g/mol. The van der Waals surface area contributed by atoms with Crippen LogP contribution in [0.4, 0.5) is 0 Å². The number of methoxy groups -OCH3 is 1. The van der Waals surface area contributed by atoms with Crippen LogP contribution in [0.15, 0.2) is 42.6 Å². The van der Waals surface area contributed by atoms with Crippen LogP contribution in [-0.4, -0.2) is 27.2 Å². The van der Waals surface area contributed by atoms with E-state index >= 15 is 0 Å².